The molecule has 3 rings (SSSR count). The highest BCUT2D eigenvalue weighted by atomic mass is 19.1. The van der Waals surface area contributed by atoms with Gasteiger partial charge in [0.1, 0.15) is 12.3 Å². The van der Waals surface area contributed by atoms with Crippen LogP contribution in [0, 0.1) is 23.7 Å². The third kappa shape index (κ3) is 0.717. The molecule has 3 aliphatic carbocycles. The Labute approximate surface area is 71.3 Å². The molecule has 0 amide bonds. The summed E-state index contributed by atoms with van der Waals surface area (Å²) in [6.07, 6.45) is 2.10. The van der Waals surface area contributed by atoms with Crippen molar-refractivity contribution in [2.24, 2.45) is 23.7 Å². The standard InChI is InChI=1S/C10H14F2/c11-8-2-1-6-7-3-5(10(6)8)4-9(7)12/h5-10H,1-4H2. The molecule has 2 bridgehead atoms. The first-order valence-electron chi connectivity index (χ1n) is 5.05. The first kappa shape index (κ1) is 7.28. The van der Waals surface area contributed by atoms with Gasteiger partial charge in [0, 0.05) is 0 Å². The Hall–Kier alpha value is -0.140. The summed E-state index contributed by atoms with van der Waals surface area (Å²) < 4.78 is 26.6. The fourth-order valence-corrected chi connectivity index (χ4v) is 3.96. The predicted octanol–water partition coefficient (Wildman–Crippen LogP) is 2.73. The van der Waals surface area contributed by atoms with Crippen LogP contribution in [0.2, 0.25) is 0 Å². The average Bonchev–Trinajstić information content (AvgIpc) is 2.62. The van der Waals surface area contributed by atoms with Crippen molar-refractivity contribution >= 4 is 0 Å². The molecule has 6 unspecified atom stereocenters. The molecular weight excluding hydrogens is 158 g/mol. The number of hydrogen-bond acceptors (Lipinski definition) is 0. The first-order chi connectivity index (χ1) is 5.77. The fraction of sp³-hybridized carbons (Fsp3) is 1.00. The van der Waals surface area contributed by atoms with Gasteiger partial charge in [-0.1, -0.05) is 0 Å². The largest absolute Gasteiger partial charge is 0.247 e. The zero-order valence-corrected chi connectivity index (χ0v) is 7.05. The first-order valence-corrected chi connectivity index (χ1v) is 5.05. The van der Waals surface area contributed by atoms with Crippen molar-refractivity contribution in [1.29, 1.82) is 0 Å². The molecular formula is C10H14F2. The van der Waals surface area contributed by atoms with Crippen molar-refractivity contribution in [1.82, 2.24) is 0 Å². The molecule has 0 aromatic rings. The molecule has 0 nitrogen and oxygen atoms in total. The van der Waals surface area contributed by atoms with E-state index >= 15 is 0 Å². The minimum absolute atomic E-state index is 0.237. The monoisotopic (exact) mass is 172 g/mol. The van der Waals surface area contributed by atoms with Crippen LogP contribution in [0.5, 0.6) is 0 Å². The van der Waals surface area contributed by atoms with Gasteiger partial charge in [-0.15, -0.1) is 0 Å². The summed E-state index contributed by atoms with van der Waals surface area (Å²) in [4.78, 5) is 0. The third-order valence-corrected chi connectivity index (χ3v) is 4.35. The molecule has 2 heteroatoms. The predicted molar refractivity (Wildman–Crippen MR) is 42.2 cm³/mol. The molecule has 68 valence electrons. The lowest BCUT2D eigenvalue weighted by Gasteiger charge is -2.27. The zero-order valence-electron chi connectivity index (χ0n) is 7.05. The molecule has 0 radical (unpaired) electrons. The second-order valence-electron chi connectivity index (χ2n) is 4.75. The Balaban J connectivity index is 1.89. The molecule has 0 N–H and O–H groups in total. The molecule has 0 heterocycles. The van der Waals surface area contributed by atoms with Gasteiger partial charge in [0.15, 0.2) is 0 Å². The Morgan fingerprint density at radius 1 is 0.833 bits per heavy atom. The highest BCUT2D eigenvalue weighted by Crippen LogP contribution is 2.60. The summed E-state index contributed by atoms with van der Waals surface area (Å²) >= 11 is 0. The molecule has 0 aliphatic heterocycles. The van der Waals surface area contributed by atoms with Crippen LogP contribution in [-0.2, 0) is 0 Å². The van der Waals surface area contributed by atoms with E-state index in [2.05, 4.69) is 0 Å². The van der Waals surface area contributed by atoms with Gasteiger partial charge in [-0.05, 0) is 49.4 Å². The maximum absolute atomic E-state index is 13.3. The lowest BCUT2D eigenvalue weighted by molar-refractivity contribution is 0.109. The number of rotatable bonds is 0. The quantitative estimate of drug-likeness (QED) is 0.527. The van der Waals surface area contributed by atoms with Crippen LogP contribution in [0.25, 0.3) is 0 Å². The van der Waals surface area contributed by atoms with Gasteiger partial charge in [0.25, 0.3) is 0 Å². The number of hydrogen-bond donors (Lipinski definition) is 0. The van der Waals surface area contributed by atoms with E-state index in [1.165, 1.54) is 0 Å². The van der Waals surface area contributed by atoms with Gasteiger partial charge in [-0.2, -0.15) is 0 Å². The lowest BCUT2D eigenvalue weighted by atomic mass is 9.80. The second kappa shape index (κ2) is 2.21. The van der Waals surface area contributed by atoms with E-state index in [0.29, 0.717) is 24.7 Å². The van der Waals surface area contributed by atoms with Crippen LogP contribution in [-0.4, -0.2) is 12.3 Å². The summed E-state index contributed by atoms with van der Waals surface area (Å²) in [5.74, 6) is 1.30. The molecule has 0 saturated heterocycles. The van der Waals surface area contributed by atoms with Gasteiger partial charge in [0.05, 0.1) is 0 Å². The zero-order chi connectivity index (χ0) is 8.29. The normalized spacial score (nSPS) is 62.5. The lowest BCUT2D eigenvalue weighted by Crippen LogP contribution is -2.28. The van der Waals surface area contributed by atoms with Crippen LogP contribution in [0.3, 0.4) is 0 Å². The molecule has 3 saturated carbocycles. The highest BCUT2D eigenvalue weighted by Gasteiger charge is 2.57. The summed E-state index contributed by atoms with van der Waals surface area (Å²) in [5, 5.41) is 0. The van der Waals surface area contributed by atoms with Crippen LogP contribution < -0.4 is 0 Å². The Morgan fingerprint density at radius 3 is 2.50 bits per heavy atom. The van der Waals surface area contributed by atoms with E-state index in [-0.39, 0.29) is 11.8 Å². The van der Waals surface area contributed by atoms with E-state index in [1.807, 2.05) is 0 Å². The van der Waals surface area contributed by atoms with Crippen LogP contribution >= 0.6 is 0 Å². The summed E-state index contributed by atoms with van der Waals surface area (Å²) in [7, 11) is 0. The van der Waals surface area contributed by atoms with Crippen molar-refractivity contribution < 1.29 is 8.78 Å². The molecule has 0 aromatic heterocycles. The van der Waals surface area contributed by atoms with Gasteiger partial charge in [-0.25, -0.2) is 8.78 Å². The van der Waals surface area contributed by atoms with Crippen molar-refractivity contribution in [2.75, 3.05) is 0 Å². The molecule has 3 aliphatic rings. The van der Waals surface area contributed by atoms with E-state index in [4.69, 9.17) is 0 Å². The number of fused-ring (bicyclic) bond motifs is 5. The van der Waals surface area contributed by atoms with E-state index in [0.717, 1.165) is 12.8 Å². The SMILES string of the molecule is FC1CC2CC1C1CCC(F)C21. The highest BCUT2D eigenvalue weighted by molar-refractivity contribution is 5.06. The number of halogens is 2. The van der Waals surface area contributed by atoms with Gasteiger partial charge in [-0.3, -0.25) is 0 Å². The molecule has 6 atom stereocenters. The average molecular weight is 172 g/mol. The maximum Gasteiger partial charge on any atom is 0.103 e. The molecule has 12 heavy (non-hydrogen) atoms. The summed E-state index contributed by atoms with van der Waals surface area (Å²) in [5.41, 5.74) is 0. The topological polar surface area (TPSA) is 0 Å². The molecule has 0 aromatic carbocycles. The van der Waals surface area contributed by atoms with Crippen LogP contribution in [0.15, 0.2) is 0 Å². The van der Waals surface area contributed by atoms with Gasteiger partial charge >= 0.3 is 0 Å². The Kier molecular flexibility index (Phi) is 1.34. The minimum Gasteiger partial charge on any atom is -0.247 e. The smallest absolute Gasteiger partial charge is 0.103 e. The van der Waals surface area contributed by atoms with Crippen molar-refractivity contribution in [3.8, 4) is 0 Å². The maximum atomic E-state index is 13.3. The number of alkyl halides is 2. The third-order valence-electron chi connectivity index (χ3n) is 4.35. The van der Waals surface area contributed by atoms with E-state index in [1.54, 1.807) is 0 Å². The Morgan fingerprint density at radius 2 is 1.67 bits per heavy atom. The van der Waals surface area contributed by atoms with Gasteiger partial charge < -0.3 is 0 Å². The van der Waals surface area contributed by atoms with Crippen molar-refractivity contribution in [2.45, 2.75) is 38.0 Å². The van der Waals surface area contributed by atoms with Crippen LogP contribution in [0.4, 0.5) is 8.78 Å². The summed E-state index contributed by atoms with van der Waals surface area (Å²) in [6.45, 7) is 0. The van der Waals surface area contributed by atoms with Crippen molar-refractivity contribution in [3.05, 3.63) is 0 Å². The second-order valence-corrected chi connectivity index (χ2v) is 4.75. The Bertz CT molecular complexity index is 204. The van der Waals surface area contributed by atoms with E-state index in [9.17, 15) is 8.78 Å². The fourth-order valence-electron chi connectivity index (χ4n) is 3.96. The summed E-state index contributed by atoms with van der Waals surface area (Å²) in [6, 6.07) is 0. The van der Waals surface area contributed by atoms with Crippen LogP contribution in [0.1, 0.15) is 25.7 Å². The van der Waals surface area contributed by atoms with E-state index < -0.39 is 12.3 Å². The van der Waals surface area contributed by atoms with Gasteiger partial charge in [0.2, 0.25) is 0 Å². The molecule has 3 fully saturated rings. The van der Waals surface area contributed by atoms with Crippen molar-refractivity contribution in [3.63, 3.8) is 0 Å². The molecule has 0 spiro atoms. The minimum atomic E-state index is -0.600.